The van der Waals surface area contributed by atoms with Gasteiger partial charge in [0.15, 0.2) is 0 Å². The molecule has 0 aromatic rings. The molecular weight excluding hydrogens is 575 g/mol. The minimum atomic E-state index is -4.67. The predicted molar refractivity (Wildman–Crippen MR) is 66.0 cm³/mol. The normalized spacial score (nSPS) is 6.64. The van der Waals surface area contributed by atoms with Crippen molar-refractivity contribution in [2.45, 2.75) is 0 Å². The molecule has 0 heterocycles. The van der Waals surface area contributed by atoms with E-state index in [-0.39, 0.29) is 181 Å². The number of hydrogen-bond acceptors (Lipinski definition) is 14. The summed E-state index contributed by atoms with van der Waals surface area (Å²) in [5, 5.41) is 86.0. The zero-order chi connectivity index (χ0) is 18.8. The first kappa shape index (κ1) is 57.3. The van der Waals surface area contributed by atoms with Crippen molar-refractivity contribution in [3.8, 4) is 0 Å². The minimum absolute atomic E-state index is 0. The van der Waals surface area contributed by atoms with Crippen LogP contribution in [0.3, 0.4) is 0 Å². The van der Waals surface area contributed by atoms with Gasteiger partial charge in [-0.05, 0) is 0 Å². The van der Waals surface area contributed by atoms with E-state index in [1.54, 1.807) is 0 Å². The average Bonchev–Trinajstić information content (AvgIpc) is 1.91. The fraction of sp³-hybridized carbons (Fsp3) is 0. The maximum Gasteiger partial charge on any atom is 1.00 e. The van der Waals surface area contributed by atoms with E-state index in [2.05, 4.69) is 0 Å². The molecule has 140 valence electrons. The van der Waals surface area contributed by atoms with Crippen molar-refractivity contribution in [1.29, 1.82) is 0 Å². The first-order chi connectivity index (χ1) is 8.93. The van der Waals surface area contributed by atoms with E-state index in [0.29, 0.717) is 0 Å². The third kappa shape index (κ3) is 780. The SMILES string of the molecule is O=S(=O)(O)O.OB(O)O.OB(O)O.OB(O)O.OB(O)O.[H-].[H-].[I-].[K+].[K+].[K+]. The maximum atomic E-state index is 8.74. The Bertz CT molecular complexity index is 229. The molecule has 0 unspecified atom stereocenters. The molecule has 0 atom stereocenters. The van der Waals surface area contributed by atoms with Gasteiger partial charge in [-0.2, -0.15) is 8.42 Å². The minimum Gasteiger partial charge on any atom is -1.00 e. The Hall–Kier alpha value is 5.29. The largest absolute Gasteiger partial charge is 1.00 e. The van der Waals surface area contributed by atoms with Crippen molar-refractivity contribution < 1.29 is 259 Å². The van der Waals surface area contributed by atoms with Crippen molar-refractivity contribution in [3.05, 3.63) is 0 Å². The number of hydrogen-bond donors (Lipinski definition) is 14. The molecule has 0 fully saturated rings. The molecule has 16 nitrogen and oxygen atoms in total. The molecule has 25 heteroatoms. The topological polar surface area (TPSA) is 317 Å². The summed E-state index contributed by atoms with van der Waals surface area (Å²) in [7, 11) is -13.3. The third-order valence-electron chi connectivity index (χ3n) is 0. The summed E-state index contributed by atoms with van der Waals surface area (Å²) >= 11 is 0. The summed E-state index contributed by atoms with van der Waals surface area (Å²) in [5.74, 6) is 0. The second-order valence-corrected chi connectivity index (χ2v) is 2.73. The molecule has 0 bridgehead atoms. The number of halogens is 1. The van der Waals surface area contributed by atoms with Gasteiger partial charge in [0, 0.05) is 0 Å². The second-order valence-electron chi connectivity index (χ2n) is 1.83. The van der Waals surface area contributed by atoms with E-state index in [0.717, 1.165) is 0 Å². The molecule has 0 aliphatic carbocycles. The van der Waals surface area contributed by atoms with Gasteiger partial charge in [-0.3, -0.25) is 9.11 Å². The van der Waals surface area contributed by atoms with Crippen LogP contribution in [0.5, 0.6) is 0 Å². The third-order valence-corrected chi connectivity index (χ3v) is 0. The van der Waals surface area contributed by atoms with Crippen molar-refractivity contribution in [2.24, 2.45) is 0 Å². The molecule has 0 aromatic heterocycles. The monoisotopic (exact) mass is 592 g/mol. The van der Waals surface area contributed by atoms with Crippen LogP contribution in [-0.4, -0.2) is 107 Å². The molecule has 0 aromatic carbocycles. The quantitative estimate of drug-likeness (QED) is 0.0706. The molecule has 0 rings (SSSR count). The Balaban J connectivity index is -0.0000000125. The molecule has 14 N–H and O–H groups in total. The zero-order valence-electron chi connectivity index (χ0n) is 15.2. The van der Waals surface area contributed by atoms with Crippen molar-refractivity contribution >= 4 is 39.7 Å². The molecule has 0 spiro atoms. The molecule has 0 aliphatic heterocycles. The zero-order valence-corrected chi connectivity index (χ0v) is 25.5. The smallest absolute Gasteiger partial charge is 1.00 e. The molecule has 0 saturated carbocycles. The van der Waals surface area contributed by atoms with Crippen LogP contribution in [0.2, 0.25) is 0 Å². The fourth-order valence-corrected chi connectivity index (χ4v) is 0. The molecular formula is H16B4IK3O16S. The molecule has 25 heavy (non-hydrogen) atoms. The molecule has 0 radical (unpaired) electrons. The van der Waals surface area contributed by atoms with Crippen LogP contribution in [0.1, 0.15) is 2.85 Å². The first-order valence-electron chi connectivity index (χ1n) is 3.80. The summed E-state index contributed by atoms with van der Waals surface area (Å²) in [5.41, 5.74) is 0. The van der Waals surface area contributed by atoms with Crippen LogP contribution in [-0.2, 0) is 10.4 Å². The van der Waals surface area contributed by atoms with Gasteiger partial charge in [-0.25, -0.2) is 0 Å². The molecule has 0 aliphatic rings. The van der Waals surface area contributed by atoms with Gasteiger partial charge in [0.05, 0.1) is 0 Å². The Morgan fingerprint density at radius 3 is 0.480 bits per heavy atom. The van der Waals surface area contributed by atoms with E-state index >= 15 is 0 Å². The van der Waals surface area contributed by atoms with Gasteiger partial charge < -0.3 is 87.1 Å². The van der Waals surface area contributed by atoms with E-state index < -0.39 is 39.7 Å². The van der Waals surface area contributed by atoms with Crippen LogP contribution in [0.15, 0.2) is 0 Å². The van der Waals surface area contributed by atoms with Gasteiger partial charge in [0.1, 0.15) is 0 Å². The van der Waals surface area contributed by atoms with E-state index in [9.17, 15) is 0 Å². The van der Waals surface area contributed by atoms with Crippen LogP contribution in [0, 0.1) is 0 Å². The van der Waals surface area contributed by atoms with Crippen LogP contribution < -0.4 is 178 Å². The first-order valence-corrected chi connectivity index (χ1v) is 5.19. The van der Waals surface area contributed by atoms with Gasteiger partial charge in [0.2, 0.25) is 0 Å². The van der Waals surface area contributed by atoms with Crippen LogP contribution in [0.4, 0.5) is 0 Å². The Labute approximate surface area is 291 Å². The summed E-state index contributed by atoms with van der Waals surface area (Å²) in [6.45, 7) is 0. The van der Waals surface area contributed by atoms with Gasteiger partial charge in [-0.1, -0.05) is 0 Å². The van der Waals surface area contributed by atoms with E-state index in [1.165, 1.54) is 0 Å². The summed E-state index contributed by atoms with van der Waals surface area (Å²) < 4.78 is 31.6. The van der Waals surface area contributed by atoms with Crippen LogP contribution in [0.25, 0.3) is 0 Å². The molecule has 0 amide bonds. The standard InChI is InChI=1S/4BH3O3.HI.3K.H2O4S.2H/c4*2-1(3)4;;;;;1-5(2,3)4;;/h4*2-4H;1H;;;;(H2,1,2,3,4);;/q;;;;;3*+1;;2*-1/p-1. The summed E-state index contributed by atoms with van der Waals surface area (Å²) in [6.07, 6.45) is 0. The van der Waals surface area contributed by atoms with E-state index in [4.69, 9.17) is 77.8 Å². The Kier molecular flexibility index (Phi) is 99.1. The number of rotatable bonds is 0. The summed E-state index contributed by atoms with van der Waals surface area (Å²) in [6, 6.07) is 0. The van der Waals surface area contributed by atoms with Crippen molar-refractivity contribution in [1.82, 2.24) is 0 Å². The fourth-order valence-electron chi connectivity index (χ4n) is 0. The van der Waals surface area contributed by atoms with Gasteiger partial charge in [0.25, 0.3) is 0 Å². The maximum absolute atomic E-state index is 8.74. The van der Waals surface area contributed by atoms with Gasteiger partial charge in [-0.15, -0.1) is 0 Å². The second kappa shape index (κ2) is 43.2. The van der Waals surface area contributed by atoms with Crippen molar-refractivity contribution in [3.63, 3.8) is 0 Å². The van der Waals surface area contributed by atoms with Crippen LogP contribution >= 0.6 is 0 Å². The Morgan fingerprint density at radius 1 is 0.480 bits per heavy atom. The van der Waals surface area contributed by atoms with Gasteiger partial charge >= 0.3 is 194 Å². The summed E-state index contributed by atoms with van der Waals surface area (Å²) in [4.78, 5) is 0. The average molecular weight is 592 g/mol. The molecule has 0 saturated heterocycles. The van der Waals surface area contributed by atoms with E-state index in [1.807, 2.05) is 0 Å². The predicted octanol–water partition coefficient (Wildman–Crippen LogP) is -20.6. The Morgan fingerprint density at radius 2 is 0.480 bits per heavy atom. The van der Waals surface area contributed by atoms with Crippen molar-refractivity contribution in [2.75, 3.05) is 0 Å².